The maximum Gasteiger partial charge on any atom is 0.329 e. The summed E-state index contributed by atoms with van der Waals surface area (Å²) in [7, 11) is 1.68. The van der Waals surface area contributed by atoms with E-state index in [1.54, 1.807) is 13.1 Å². The van der Waals surface area contributed by atoms with Crippen LogP contribution in [0.25, 0.3) is 11.0 Å². The van der Waals surface area contributed by atoms with Gasteiger partial charge in [0, 0.05) is 19.2 Å². The fourth-order valence-electron chi connectivity index (χ4n) is 4.56. The molecule has 0 saturated carbocycles. The van der Waals surface area contributed by atoms with Crippen molar-refractivity contribution in [3.05, 3.63) is 64.1 Å². The van der Waals surface area contributed by atoms with Gasteiger partial charge in [0.15, 0.2) is 0 Å². The van der Waals surface area contributed by atoms with Crippen LogP contribution in [0, 0.1) is 0 Å². The van der Waals surface area contributed by atoms with Gasteiger partial charge in [0.05, 0.1) is 11.0 Å². The highest BCUT2D eigenvalue weighted by Crippen LogP contribution is 2.32. The Morgan fingerprint density at radius 1 is 1.10 bits per heavy atom. The Balaban J connectivity index is 1.34. The van der Waals surface area contributed by atoms with Gasteiger partial charge < -0.3 is 10.6 Å². The van der Waals surface area contributed by atoms with Gasteiger partial charge in [-0.1, -0.05) is 18.2 Å². The molecule has 0 radical (unpaired) electrons. The van der Waals surface area contributed by atoms with Crippen molar-refractivity contribution in [2.75, 3.05) is 5.32 Å². The molecule has 5 rings (SSSR count). The molecule has 1 spiro atoms. The number of hydrogen-bond acceptors (Lipinski definition) is 4. The second kappa shape index (κ2) is 6.83. The fraction of sp³-hybridized carbons (Fsp3) is 0.273. The maximum atomic E-state index is 12.7. The van der Waals surface area contributed by atoms with Crippen molar-refractivity contribution in [2.24, 2.45) is 7.05 Å². The monoisotopic (exact) mass is 419 g/mol. The molecule has 1 aliphatic heterocycles. The van der Waals surface area contributed by atoms with Crippen LogP contribution >= 0.6 is 0 Å². The molecular weight excluding hydrogens is 398 g/mol. The quantitative estimate of drug-likeness (QED) is 0.551. The fourth-order valence-corrected chi connectivity index (χ4v) is 4.56. The summed E-state index contributed by atoms with van der Waals surface area (Å²) >= 11 is 0. The van der Waals surface area contributed by atoms with E-state index in [1.165, 1.54) is 9.13 Å². The van der Waals surface area contributed by atoms with Gasteiger partial charge in [-0.05, 0) is 48.2 Å². The number of nitrogens with one attached hydrogen (secondary N) is 3. The second-order valence-corrected chi connectivity index (χ2v) is 8.12. The number of aryl methyl sites for hydroxylation is 2. The molecule has 1 aliphatic carbocycles. The van der Waals surface area contributed by atoms with E-state index in [0.29, 0.717) is 30.5 Å². The van der Waals surface area contributed by atoms with E-state index in [1.807, 2.05) is 36.4 Å². The molecule has 31 heavy (non-hydrogen) atoms. The summed E-state index contributed by atoms with van der Waals surface area (Å²) in [6.45, 7) is -0.0907. The molecule has 9 nitrogen and oxygen atoms in total. The van der Waals surface area contributed by atoms with Crippen molar-refractivity contribution in [2.45, 2.75) is 31.3 Å². The van der Waals surface area contributed by atoms with Crippen LogP contribution in [0.5, 0.6) is 0 Å². The SMILES string of the molecule is Cn1c(=O)n(CC(=O)Nc2ccc3c(c2)CCC2(C3)NC(=O)NC2=O)c2ccccc21. The molecule has 1 fully saturated rings. The molecule has 2 aromatic carbocycles. The van der Waals surface area contributed by atoms with Crippen LogP contribution in [0.4, 0.5) is 10.5 Å². The Morgan fingerprint density at radius 3 is 2.61 bits per heavy atom. The Kier molecular flexibility index (Phi) is 4.21. The number of hydrogen-bond donors (Lipinski definition) is 3. The molecule has 4 amide bonds. The number of imidazole rings is 1. The van der Waals surface area contributed by atoms with E-state index in [4.69, 9.17) is 0 Å². The minimum Gasteiger partial charge on any atom is -0.325 e. The van der Waals surface area contributed by atoms with E-state index in [0.717, 1.165) is 16.6 Å². The lowest BCUT2D eigenvalue weighted by atomic mass is 9.78. The molecule has 158 valence electrons. The highest BCUT2D eigenvalue weighted by atomic mass is 16.2. The highest BCUT2D eigenvalue weighted by molar-refractivity contribution is 6.07. The predicted molar refractivity (Wildman–Crippen MR) is 114 cm³/mol. The first-order valence-corrected chi connectivity index (χ1v) is 10.1. The Hall–Kier alpha value is -3.88. The lowest BCUT2D eigenvalue weighted by molar-refractivity contribution is -0.124. The number of imide groups is 1. The van der Waals surface area contributed by atoms with Gasteiger partial charge >= 0.3 is 11.7 Å². The van der Waals surface area contributed by atoms with Crippen molar-refractivity contribution in [1.82, 2.24) is 19.8 Å². The molecule has 3 aromatic rings. The predicted octanol–water partition coefficient (Wildman–Crippen LogP) is 1.05. The lowest BCUT2D eigenvalue weighted by Gasteiger charge is -2.32. The van der Waals surface area contributed by atoms with E-state index in [9.17, 15) is 19.2 Å². The number of anilines is 1. The van der Waals surface area contributed by atoms with Crippen molar-refractivity contribution in [3.63, 3.8) is 0 Å². The molecule has 2 heterocycles. The van der Waals surface area contributed by atoms with Gasteiger partial charge in [0.2, 0.25) is 5.91 Å². The van der Waals surface area contributed by atoms with Crippen LogP contribution in [0.3, 0.4) is 0 Å². The molecule has 1 unspecified atom stereocenters. The minimum absolute atomic E-state index is 0.0907. The third-order valence-electron chi connectivity index (χ3n) is 6.17. The van der Waals surface area contributed by atoms with Crippen LogP contribution in [0.15, 0.2) is 47.3 Å². The Morgan fingerprint density at radius 2 is 1.87 bits per heavy atom. The number of urea groups is 1. The zero-order chi connectivity index (χ0) is 21.8. The van der Waals surface area contributed by atoms with Crippen molar-refractivity contribution >= 4 is 34.6 Å². The Bertz CT molecular complexity index is 1320. The average Bonchev–Trinajstić information content (AvgIpc) is 3.15. The first kappa shape index (κ1) is 19.1. The lowest BCUT2D eigenvalue weighted by Crippen LogP contribution is -2.51. The maximum absolute atomic E-state index is 12.7. The van der Waals surface area contributed by atoms with Crippen LogP contribution in [0.1, 0.15) is 17.5 Å². The van der Waals surface area contributed by atoms with Crippen molar-refractivity contribution in [3.8, 4) is 0 Å². The number of carbonyl (C=O) groups excluding carboxylic acids is 3. The molecule has 9 heteroatoms. The summed E-state index contributed by atoms with van der Waals surface area (Å²) in [6.07, 6.45) is 1.52. The number of benzene rings is 2. The van der Waals surface area contributed by atoms with Gasteiger partial charge in [-0.25, -0.2) is 9.59 Å². The topological polar surface area (TPSA) is 114 Å². The third-order valence-corrected chi connectivity index (χ3v) is 6.17. The number of para-hydroxylation sites is 2. The number of aromatic nitrogens is 2. The smallest absolute Gasteiger partial charge is 0.325 e. The molecule has 3 N–H and O–H groups in total. The Labute approximate surface area is 177 Å². The summed E-state index contributed by atoms with van der Waals surface area (Å²) in [4.78, 5) is 48.9. The normalized spacial score (nSPS) is 19.9. The largest absolute Gasteiger partial charge is 0.329 e. The average molecular weight is 419 g/mol. The zero-order valence-corrected chi connectivity index (χ0v) is 16.9. The summed E-state index contributed by atoms with van der Waals surface area (Å²) in [6, 6.07) is 12.4. The summed E-state index contributed by atoms with van der Waals surface area (Å²) < 4.78 is 2.98. The van der Waals surface area contributed by atoms with Crippen molar-refractivity contribution < 1.29 is 14.4 Å². The summed E-state index contributed by atoms with van der Waals surface area (Å²) in [5.41, 5.74) is 2.97. The number of nitrogens with zero attached hydrogens (tertiary/aromatic N) is 2. The van der Waals surface area contributed by atoms with Crippen LogP contribution < -0.4 is 21.6 Å². The van der Waals surface area contributed by atoms with E-state index < -0.39 is 11.6 Å². The van der Waals surface area contributed by atoms with Gasteiger partial charge in [-0.2, -0.15) is 0 Å². The van der Waals surface area contributed by atoms with Crippen molar-refractivity contribution in [1.29, 1.82) is 0 Å². The molecule has 1 saturated heterocycles. The molecule has 1 aromatic heterocycles. The molecule has 2 aliphatic rings. The van der Waals surface area contributed by atoms with Gasteiger partial charge in [-0.3, -0.25) is 24.0 Å². The summed E-state index contributed by atoms with van der Waals surface area (Å²) in [5.74, 6) is -0.589. The highest BCUT2D eigenvalue weighted by Gasteiger charge is 2.47. The standard InChI is InChI=1S/C22H21N5O4/c1-26-16-4-2-3-5-17(16)27(21(26)31)12-18(28)23-15-7-6-14-11-22(9-8-13(14)10-15)19(29)24-20(30)25-22/h2-7,10H,8-9,11-12H2,1H3,(H,23,28)(H2,24,25,29,30). The minimum atomic E-state index is -0.885. The van der Waals surface area contributed by atoms with Gasteiger partial charge in [0.1, 0.15) is 12.1 Å². The van der Waals surface area contributed by atoms with Crippen LogP contribution in [-0.2, 0) is 36.0 Å². The number of amides is 4. The van der Waals surface area contributed by atoms with E-state index >= 15 is 0 Å². The number of rotatable bonds is 3. The first-order valence-electron chi connectivity index (χ1n) is 10.1. The number of carbonyl (C=O) groups is 3. The number of fused-ring (bicyclic) bond motifs is 2. The summed E-state index contributed by atoms with van der Waals surface area (Å²) in [5, 5.41) is 7.93. The molecule has 1 atom stereocenters. The molecule has 0 bridgehead atoms. The molecular formula is C22H21N5O4. The second-order valence-electron chi connectivity index (χ2n) is 8.12. The van der Waals surface area contributed by atoms with E-state index in [2.05, 4.69) is 16.0 Å². The van der Waals surface area contributed by atoms with E-state index in [-0.39, 0.29) is 24.0 Å². The zero-order valence-electron chi connectivity index (χ0n) is 16.9. The third kappa shape index (κ3) is 3.09. The van der Waals surface area contributed by atoms with Gasteiger partial charge in [0.25, 0.3) is 5.91 Å². The van der Waals surface area contributed by atoms with Crippen LogP contribution in [-0.4, -0.2) is 32.5 Å². The van der Waals surface area contributed by atoms with Crippen LogP contribution in [0.2, 0.25) is 0 Å². The van der Waals surface area contributed by atoms with Gasteiger partial charge in [-0.15, -0.1) is 0 Å². The first-order chi connectivity index (χ1) is 14.9.